The second-order valence-corrected chi connectivity index (χ2v) is 5.93. The van der Waals surface area contributed by atoms with Gasteiger partial charge in [0.15, 0.2) is 6.61 Å². The first-order chi connectivity index (χ1) is 11.7. The molecule has 1 saturated heterocycles. The average molecular weight is 326 g/mol. The van der Waals surface area contributed by atoms with Gasteiger partial charge in [0, 0.05) is 12.8 Å². The Morgan fingerprint density at radius 3 is 2.79 bits per heavy atom. The number of benzene rings is 1. The van der Waals surface area contributed by atoms with Gasteiger partial charge in [-0.3, -0.25) is 9.69 Å². The Balaban J connectivity index is 1.67. The van der Waals surface area contributed by atoms with Crippen molar-refractivity contribution in [2.24, 2.45) is 0 Å². The highest BCUT2D eigenvalue weighted by Crippen LogP contribution is 2.18. The van der Waals surface area contributed by atoms with E-state index in [9.17, 15) is 4.79 Å². The van der Waals surface area contributed by atoms with Crippen LogP contribution in [-0.2, 0) is 9.53 Å². The number of pyridine rings is 1. The molecule has 0 N–H and O–H groups in total. The third-order valence-corrected chi connectivity index (χ3v) is 4.02. The number of nitrogens with zero attached hydrogens (tertiary/aromatic N) is 2. The topological polar surface area (TPSA) is 51.7 Å². The molecule has 0 aliphatic carbocycles. The van der Waals surface area contributed by atoms with E-state index in [1.807, 2.05) is 49.4 Å². The zero-order valence-electron chi connectivity index (χ0n) is 13.9. The van der Waals surface area contributed by atoms with Crippen molar-refractivity contribution in [3.8, 4) is 5.75 Å². The third-order valence-electron chi connectivity index (χ3n) is 4.02. The third kappa shape index (κ3) is 4.32. The van der Waals surface area contributed by atoms with Gasteiger partial charge in [-0.25, -0.2) is 4.98 Å². The molecule has 0 bridgehead atoms. The van der Waals surface area contributed by atoms with E-state index in [0.29, 0.717) is 18.1 Å². The Morgan fingerprint density at radius 2 is 2.12 bits per heavy atom. The molecule has 1 amide bonds. The molecule has 2 aromatic rings. The molecule has 5 heteroatoms. The number of carbonyl (C=O) groups is 1. The summed E-state index contributed by atoms with van der Waals surface area (Å²) in [6.45, 7) is 3.26. The lowest BCUT2D eigenvalue weighted by Gasteiger charge is -2.24. The van der Waals surface area contributed by atoms with E-state index < -0.39 is 0 Å². The molecule has 0 saturated carbocycles. The second kappa shape index (κ2) is 7.93. The molecule has 1 unspecified atom stereocenters. The van der Waals surface area contributed by atoms with E-state index in [1.54, 1.807) is 11.1 Å². The number of hydrogen-bond donors (Lipinski definition) is 0. The fraction of sp³-hybridized carbons (Fsp3) is 0.368. The summed E-state index contributed by atoms with van der Waals surface area (Å²) < 4.78 is 11.3. The normalized spacial score (nSPS) is 16.8. The van der Waals surface area contributed by atoms with E-state index in [4.69, 9.17) is 9.47 Å². The van der Waals surface area contributed by atoms with Gasteiger partial charge >= 0.3 is 0 Å². The van der Waals surface area contributed by atoms with Crippen LogP contribution >= 0.6 is 0 Å². The van der Waals surface area contributed by atoms with Crippen LogP contribution in [0.2, 0.25) is 0 Å². The van der Waals surface area contributed by atoms with Crippen LogP contribution in [0.15, 0.2) is 48.7 Å². The molecule has 3 rings (SSSR count). The predicted octanol–water partition coefficient (Wildman–Crippen LogP) is 2.98. The summed E-state index contributed by atoms with van der Waals surface area (Å²) in [5, 5.41) is 0. The van der Waals surface area contributed by atoms with Crippen molar-refractivity contribution >= 4 is 11.7 Å². The number of hydrogen-bond acceptors (Lipinski definition) is 4. The zero-order valence-corrected chi connectivity index (χ0v) is 13.9. The number of amides is 1. The molecule has 0 radical (unpaired) electrons. The number of aromatic nitrogens is 1. The molecule has 2 heterocycles. The fourth-order valence-corrected chi connectivity index (χ4v) is 2.69. The first-order valence-corrected chi connectivity index (χ1v) is 8.25. The largest absolute Gasteiger partial charge is 0.484 e. The average Bonchev–Trinajstić information content (AvgIpc) is 3.13. The van der Waals surface area contributed by atoms with Crippen LogP contribution in [0.1, 0.15) is 18.4 Å². The maximum Gasteiger partial charge on any atom is 0.266 e. The minimum absolute atomic E-state index is 0.0215. The van der Waals surface area contributed by atoms with Gasteiger partial charge < -0.3 is 9.47 Å². The Morgan fingerprint density at radius 1 is 1.29 bits per heavy atom. The first kappa shape index (κ1) is 16.5. The molecule has 0 spiro atoms. The highest BCUT2D eigenvalue weighted by molar-refractivity contribution is 5.93. The van der Waals surface area contributed by atoms with Crippen LogP contribution in [-0.4, -0.2) is 36.8 Å². The molecule has 1 atom stereocenters. The number of rotatable bonds is 6. The van der Waals surface area contributed by atoms with Crippen molar-refractivity contribution < 1.29 is 14.3 Å². The Hall–Kier alpha value is -2.40. The maximum atomic E-state index is 12.7. The molecule has 1 aliphatic rings. The van der Waals surface area contributed by atoms with Crippen LogP contribution in [0, 0.1) is 6.92 Å². The first-order valence-electron chi connectivity index (χ1n) is 8.25. The van der Waals surface area contributed by atoms with Crippen molar-refractivity contribution in [3.63, 3.8) is 0 Å². The highest BCUT2D eigenvalue weighted by Gasteiger charge is 2.24. The Labute approximate surface area is 142 Å². The van der Waals surface area contributed by atoms with Crippen LogP contribution < -0.4 is 9.64 Å². The van der Waals surface area contributed by atoms with E-state index in [0.717, 1.165) is 25.0 Å². The zero-order chi connectivity index (χ0) is 16.8. The molecule has 1 aromatic heterocycles. The molecule has 1 aromatic carbocycles. The van der Waals surface area contributed by atoms with Gasteiger partial charge in [0.2, 0.25) is 0 Å². The minimum atomic E-state index is -0.121. The van der Waals surface area contributed by atoms with Crippen molar-refractivity contribution in [3.05, 3.63) is 54.2 Å². The Kier molecular flexibility index (Phi) is 5.43. The van der Waals surface area contributed by atoms with Gasteiger partial charge in [-0.1, -0.05) is 23.8 Å². The molecule has 24 heavy (non-hydrogen) atoms. The molecular formula is C19H22N2O3. The van der Waals surface area contributed by atoms with Crippen LogP contribution in [0.4, 0.5) is 5.82 Å². The van der Waals surface area contributed by atoms with Crippen LogP contribution in [0.5, 0.6) is 5.75 Å². The fourth-order valence-electron chi connectivity index (χ4n) is 2.69. The lowest BCUT2D eigenvalue weighted by atomic mass is 10.2. The van der Waals surface area contributed by atoms with Crippen LogP contribution in [0.3, 0.4) is 0 Å². The van der Waals surface area contributed by atoms with E-state index in [-0.39, 0.29) is 18.6 Å². The lowest BCUT2D eigenvalue weighted by molar-refractivity contribution is -0.121. The van der Waals surface area contributed by atoms with Gasteiger partial charge in [-0.15, -0.1) is 0 Å². The summed E-state index contributed by atoms with van der Waals surface area (Å²) >= 11 is 0. The standard InChI is InChI=1S/C19H22N2O3/c1-15-7-9-16(10-8-15)24-14-19(22)21(13-17-5-4-12-23-17)18-6-2-3-11-20-18/h2-3,6-11,17H,4-5,12-14H2,1H3. The number of carbonyl (C=O) groups excluding carboxylic acids is 1. The van der Waals surface area contributed by atoms with Gasteiger partial charge in [0.05, 0.1) is 12.6 Å². The van der Waals surface area contributed by atoms with Gasteiger partial charge in [0.25, 0.3) is 5.91 Å². The van der Waals surface area contributed by atoms with Gasteiger partial charge in [0.1, 0.15) is 11.6 Å². The summed E-state index contributed by atoms with van der Waals surface area (Å²) in [5.41, 5.74) is 1.15. The maximum absolute atomic E-state index is 12.7. The summed E-state index contributed by atoms with van der Waals surface area (Å²) in [4.78, 5) is 18.6. The molecule has 126 valence electrons. The SMILES string of the molecule is Cc1ccc(OCC(=O)N(CC2CCCO2)c2ccccn2)cc1. The number of aryl methyl sites for hydroxylation is 1. The van der Waals surface area contributed by atoms with Gasteiger partial charge in [-0.05, 0) is 44.0 Å². The van der Waals surface area contributed by atoms with Crippen LogP contribution in [0.25, 0.3) is 0 Å². The summed E-state index contributed by atoms with van der Waals surface area (Å²) in [6.07, 6.45) is 3.76. The van der Waals surface area contributed by atoms with Crippen molar-refractivity contribution in [1.82, 2.24) is 4.98 Å². The molecule has 1 aliphatic heterocycles. The molecule has 1 fully saturated rings. The van der Waals surface area contributed by atoms with Crippen molar-refractivity contribution in [2.75, 3.05) is 24.7 Å². The minimum Gasteiger partial charge on any atom is -0.484 e. The Bertz CT molecular complexity index is 652. The van der Waals surface area contributed by atoms with E-state index >= 15 is 0 Å². The van der Waals surface area contributed by atoms with Crippen molar-refractivity contribution in [1.29, 1.82) is 0 Å². The molecule has 5 nitrogen and oxygen atoms in total. The van der Waals surface area contributed by atoms with Crippen molar-refractivity contribution in [2.45, 2.75) is 25.9 Å². The van der Waals surface area contributed by atoms with E-state index in [2.05, 4.69) is 4.98 Å². The number of anilines is 1. The monoisotopic (exact) mass is 326 g/mol. The quantitative estimate of drug-likeness (QED) is 0.819. The summed E-state index contributed by atoms with van der Waals surface area (Å²) in [7, 11) is 0. The van der Waals surface area contributed by atoms with Gasteiger partial charge in [-0.2, -0.15) is 0 Å². The highest BCUT2D eigenvalue weighted by atomic mass is 16.5. The van der Waals surface area contributed by atoms with E-state index in [1.165, 1.54) is 0 Å². The summed E-state index contributed by atoms with van der Waals surface area (Å²) in [5.74, 6) is 1.20. The number of ether oxygens (including phenoxy) is 2. The predicted molar refractivity (Wildman–Crippen MR) is 92.2 cm³/mol. The lowest BCUT2D eigenvalue weighted by Crippen LogP contribution is -2.40. The second-order valence-electron chi connectivity index (χ2n) is 5.93. The molecular weight excluding hydrogens is 304 g/mol. The smallest absolute Gasteiger partial charge is 0.266 e. The summed E-state index contributed by atoms with van der Waals surface area (Å²) in [6, 6.07) is 13.2.